The summed E-state index contributed by atoms with van der Waals surface area (Å²) in [5.41, 5.74) is 2.57. The molecule has 1 aromatic carbocycles. The zero-order chi connectivity index (χ0) is 13.9. The van der Waals surface area contributed by atoms with Gasteiger partial charge in [-0.1, -0.05) is 12.1 Å². The third-order valence-electron chi connectivity index (χ3n) is 3.50. The molecule has 2 heterocycles. The lowest BCUT2D eigenvalue weighted by molar-refractivity contribution is 0.579. The quantitative estimate of drug-likeness (QED) is 0.908. The molecule has 104 valence electrons. The fourth-order valence-electron chi connectivity index (χ4n) is 2.41. The number of piperazine rings is 1. The number of halogens is 1. The van der Waals surface area contributed by atoms with Crippen molar-refractivity contribution in [2.45, 2.75) is 6.92 Å². The highest BCUT2D eigenvalue weighted by atomic mass is 19.1. The number of nitrogens with one attached hydrogen (secondary N) is 1. The lowest BCUT2D eigenvalue weighted by atomic mass is 10.1. The van der Waals surface area contributed by atoms with Crippen LogP contribution in [0.25, 0.3) is 11.1 Å². The van der Waals surface area contributed by atoms with E-state index in [9.17, 15) is 4.39 Å². The number of nitrogens with zero attached hydrogens (tertiary/aromatic N) is 3. The molecule has 1 fully saturated rings. The van der Waals surface area contributed by atoms with Crippen LogP contribution in [0.5, 0.6) is 0 Å². The molecule has 1 aliphatic rings. The molecule has 20 heavy (non-hydrogen) atoms. The van der Waals surface area contributed by atoms with Gasteiger partial charge in [0, 0.05) is 37.9 Å². The molecule has 0 aliphatic carbocycles. The van der Waals surface area contributed by atoms with E-state index in [4.69, 9.17) is 0 Å². The Morgan fingerprint density at radius 2 is 2.05 bits per heavy atom. The number of hydrogen-bond acceptors (Lipinski definition) is 4. The summed E-state index contributed by atoms with van der Waals surface area (Å²) in [6.07, 6.45) is 1.79. The molecular weight excluding hydrogens is 255 g/mol. The summed E-state index contributed by atoms with van der Waals surface area (Å²) in [5, 5.41) is 3.30. The molecule has 0 radical (unpaired) electrons. The minimum atomic E-state index is -0.243. The Balaban J connectivity index is 1.91. The van der Waals surface area contributed by atoms with Gasteiger partial charge in [0.15, 0.2) is 0 Å². The first-order valence-corrected chi connectivity index (χ1v) is 6.79. The SMILES string of the molecule is Cc1nc(N2CCNCC2)ncc1-c1cccc(F)c1. The summed E-state index contributed by atoms with van der Waals surface area (Å²) in [7, 11) is 0. The van der Waals surface area contributed by atoms with Crippen molar-refractivity contribution >= 4 is 5.95 Å². The van der Waals surface area contributed by atoms with Gasteiger partial charge in [-0.3, -0.25) is 0 Å². The van der Waals surface area contributed by atoms with Gasteiger partial charge in [0.05, 0.1) is 5.69 Å². The summed E-state index contributed by atoms with van der Waals surface area (Å²) in [6.45, 7) is 5.67. The highest BCUT2D eigenvalue weighted by Gasteiger charge is 2.14. The second kappa shape index (κ2) is 5.54. The summed E-state index contributed by atoms with van der Waals surface area (Å²) in [6, 6.07) is 6.53. The van der Waals surface area contributed by atoms with Crippen molar-refractivity contribution < 1.29 is 4.39 Å². The number of aromatic nitrogens is 2. The van der Waals surface area contributed by atoms with Crippen LogP contribution in [0.15, 0.2) is 30.5 Å². The molecule has 0 saturated carbocycles. The molecule has 1 saturated heterocycles. The highest BCUT2D eigenvalue weighted by Crippen LogP contribution is 2.23. The van der Waals surface area contributed by atoms with Crippen molar-refractivity contribution in [1.29, 1.82) is 0 Å². The maximum atomic E-state index is 13.3. The summed E-state index contributed by atoms with van der Waals surface area (Å²) < 4.78 is 13.3. The number of hydrogen-bond donors (Lipinski definition) is 1. The lowest BCUT2D eigenvalue weighted by Gasteiger charge is -2.27. The van der Waals surface area contributed by atoms with Crippen molar-refractivity contribution in [3.05, 3.63) is 42.0 Å². The Hall–Kier alpha value is -2.01. The van der Waals surface area contributed by atoms with E-state index in [0.29, 0.717) is 0 Å². The van der Waals surface area contributed by atoms with Crippen LogP contribution in [0.4, 0.5) is 10.3 Å². The van der Waals surface area contributed by atoms with Crippen molar-refractivity contribution in [3.8, 4) is 11.1 Å². The molecule has 0 unspecified atom stereocenters. The van der Waals surface area contributed by atoms with E-state index < -0.39 is 0 Å². The van der Waals surface area contributed by atoms with E-state index in [1.807, 2.05) is 13.0 Å². The van der Waals surface area contributed by atoms with Crippen molar-refractivity contribution in [1.82, 2.24) is 15.3 Å². The molecule has 0 atom stereocenters. The van der Waals surface area contributed by atoms with Crippen LogP contribution in [0.2, 0.25) is 0 Å². The fraction of sp³-hybridized carbons (Fsp3) is 0.333. The van der Waals surface area contributed by atoms with Crippen LogP contribution in [0, 0.1) is 12.7 Å². The third-order valence-corrected chi connectivity index (χ3v) is 3.50. The molecule has 0 spiro atoms. The Labute approximate surface area is 117 Å². The predicted octanol–water partition coefficient (Wildman–Crippen LogP) is 2.00. The van der Waals surface area contributed by atoms with E-state index in [1.54, 1.807) is 12.3 Å². The summed E-state index contributed by atoms with van der Waals surface area (Å²) in [4.78, 5) is 11.2. The molecule has 1 aromatic heterocycles. The zero-order valence-electron chi connectivity index (χ0n) is 11.4. The number of aryl methyl sites for hydroxylation is 1. The molecule has 0 amide bonds. The first-order valence-electron chi connectivity index (χ1n) is 6.79. The van der Waals surface area contributed by atoms with Gasteiger partial charge in [-0.05, 0) is 24.6 Å². The maximum absolute atomic E-state index is 13.3. The van der Waals surface area contributed by atoms with Gasteiger partial charge in [-0.2, -0.15) is 0 Å². The molecule has 1 N–H and O–H groups in total. The van der Waals surface area contributed by atoms with Crippen LogP contribution in [-0.2, 0) is 0 Å². The van der Waals surface area contributed by atoms with Gasteiger partial charge < -0.3 is 10.2 Å². The van der Waals surface area contributed by atoms with E-state index in [1.165, 1.54) is 12.1 Å². The van der Waals surface area contributed by atoms with Gasteiger partial charge >= 0.3 is 0 Å². The largest absolute Gasteiger partial charge is 0.338 e. The Morgan fingerprint density at radius 3 is 2.75 bits per heavy atom. The van der Waals surface area contributed by atoms with Crippen LogP contribution in [-0.4, -0.2) is 36.1 Å². The topological polar surface area (TPSA) is 41.1 Å². The smallest absolute Gasteiger partial charge is 0.225 e. The molecule has 0 bridgehead atoms. The third kappa shape index (κ3) is 2.63. The second-order valence-electron chi connectivity index (χ2n) is 4.92. The van der Waals surface area contributed by atoms with Gasteiger partial charge in [0.25, 0.3) is 0 Å². The molecule has 2 aromatic rings. The van der Waals surface area contributed by atoms with Crippen LogP contribution in [0.1, 0.15) is 5.69 Å². The van der Waals surface area contributed by atoms with Gasteiger partial charge in [0.2, 0.25) is 5.95 Å². The molecule has 3 rings (SSSR count). The summed E-state index contributed by atoms with van der Waals surface area (Å²) in [5.74, 6) is 0.511. The van der Waals surface area contributed by atoms with Gasteiger partial charge in [-0.25, -0.2) is 14.4 Å². The minimum Gasteiger partial charge on any atom is -0.338 e. The highest BCUT2D eigenvalue weighted by molar-refractivity contribution is 5.65. The molecular formula is C15H17FN4. The van der Waals surface area contributed by atoms with E-state index in [-0.39, 0.29) is 5.82 Å². The number of anilines is 1. The number of benzene rings is 1. The van der Waals surface area contributed by atoms with Crippen molar-refractivity contribution in [2.75, 3.05) is 31.1 Å². The van der Waals surface area contributed by atoms with Gasteiger partial charge in [-0.15, -0.1) is 0 Å². The average molecular weight is 272 g/mol. The second-order valence-corrected chi connectivity index (χ2v) is 4.92. The van der Waals surface area contributed by atoms with Crippen LogP contribution < -0.4 is 10.2 Å². The fourth-order valence-corrected chi connectivity index (χ4v) is 2.41. The molecule has 4 nitrogen and oxygen atoms in total. The maximum Gasteiger partial charge on any atom is 0.225 e. The minimum absolute atomic E-state index is 0.243. The van der Waals surface area contributed by atoms with E-state index in [0.717, 1.165) is 48.9 Å². The molecule has 1 aliphatic heterocycles. The normalized spacial score (nSPS) is 15.4. The zero-order valence-corrected chi connectivity index (χ0v) is 11.4. The van der Waals surface area contributed by atoms with Gasteiger partial charge in [0.1, 0.15) is 5.82 Å². The average Bonchev–Trinajstić information content (AvgIpc) is 2.48. The predicted molar refractivity (Wildman–Crippen MR) is 77.2 cm³/mol. The monoisotopic (exact) mass is 272 g/mol. The standard InChI is InChI=1S/C15H17FN4/c1-11-14(12-3-2-4-13(16)9-12)10-18-15(19-11)20-7-5-17-6-8-20/h2-4,9-10,17H,5-8H2,1H3. The van der Waals surface area contributed by atoms with Crippen molar-refractivity contribution in [3.63, 3.8) is 0 Å². The van der Waals surface area contributed by atoms with Crippen LogP contribution >= 0.6 is 0 Å². The summed E-state index contributed by atoms with van der Waals surface area (Å²) >= 11 is 0. The van der Waals surface area contributed by atoms with E-state index >= 15 is 0 Å². The Bertz CT molecular complexity index is 609. The van der Waals surface area contributed by atoms with E-state index in [2.05, 4.69) is 20.2 Å². The first-order chi connectivity index (χ1) is 9.74. The Kier molecular flexibility index (Phi) is 3.60. The lowest BCUT2D eigenvalue weighted by Crippen LogP contribution is -2.44. The van der Waals surface area contributed by atoms with Crippen LogP contribution in [0.3, 0.4) is 0 Å². The van der Waals surface area contributed by atoms with Crippen molar-refractivity contribution in [2.24, 2.45) is 0 Å². The number of rotatable bonds is 2. The molecule has 5 heteroatoms. The first kappa shape index (κ1) is 13.0. The Morgan fingerprint density at radius 1 is 1.25 bits per heavy atom.